The molecule has 1 rings (SSSR count). The molecule has 0 fully saturated rings. The molecule has 0 saturated carbocycles. The molecule has 0 unspecified atom stereocenters. The van der Waals surface area contributed by atoms with Gasteiger partial charge in [0.1, 0.15) is 0 Å². The lowest BCUT2D eigenvalue weighted by Crippen LogP contribution is -2.13. The standard InChI is InChI=1S/C9H12N2O2/c1-2-13-9-6-7(3-4-11-9)5-8(10)12/h3-4,6H,2,5H2,1H3,(H2,10,12). The number of hydrogen-bond donors (Lipinski definition) is 1. The summed E-state index contributed by atoms with van der Waals surface area (Å²) < 4.78 is 5.16. The number of hydrogen-bond acceptors (Lipinski definition) is 3. The molecule has 0 spiro atoms. The third kappa shape index (κ3) is 3.11. The first-order valence-electron chi connectivity index (χ1n) is 4.08. The third-order valence-electron chi connectivity index (χ3n) is 1.47. The molecule has 1 amide bonds. The fourth-order valence-corrected chi connectivity index (χ4v) is 0.988. The van der Waals surface area contributed by atoms with Gasteiger partial charge in [0.05, 0.1) is 13.0 Å². The maximum atomic E-state index is 10.6. The molecule has 4 nitrogen and oxygen atoms in total. The largest absolute Gasteiger partial charge is 0.478 e. The highest BCUT2D eigenvalue weighted by Gasteiger charge is 2.00. The van der Waals surface area contributed by atoms with E-state index in [9.17, 15) is 4.79 Å². The number of amides is 1. The fraction of sp³-hybridized carbons (Fsp3) is 0.333. The number of nitrogens with two attached hydrogens (primary N) is 1. The average Bonchev–Trinajstić information content (AvgIpc) is 2.04. The summed E-state index contributed by atoms with van der Waals surface area (Å²) in [6, 6.07) is 3.46. The third-order valence-corrected chi connectivity index (χ3v) is 1.47. The van der Waals surface area contributed by atoms with E-state index in [0.717, 1.165) is 5.56 Å². The van der Waals surface area contributed by atoms with Crippen LogP contribution in [0.1, 0.15) is 12.5 Å². The Bertz CT molecular complexity index is 299. The molecule has 0 aliphatic heterocycles. The molecule has 0 aromatic carbocycles. The highest BCUT2D eigenvalue weighted by molar-refractivity contribution is 5.76. The summed E-state index contributed by atoms with van der Waals surface area (Å²) >= 11 is 0. The smallest absolute Gasteiger partial charge is 0.221 e. The summed E-state index contributed by atoms with van der Waals surface area (Å²) in [7, 11) is 0. The molecule has 0 atom stereocenters. The van der Waals surface area contributed by atoms with E-state index < -0.39 is 0 Å². The summed E-state index contributed by atoms with van der Waals surface area (Å²) in [5.74, 6) is 0.176. The molecule has 1 aromatic rings. The van der Waals surface area contributed by atoms with Gasteiger partial charge in [-0.1, -0.05) is 0 Å². The minimum atomic E-state index is -0.353. The Morgan fingerprint density at radius 3 is 3.08 bits per heavy atom. The Labute approximate surface area is 76.7 Å². The van der Waals surface area contributed by atoms with Crippen LogP contribution in [0.2, 0.25) is 0 Å². The summed E-state index contributed by atoms with van der Waals surface area (Å²) in [5.41, 5.74) is 5.87. The summed E-state index contributed by atoms with van der Waals surface area (Å²) in [6.45, 7) is 2.44. The predicted octanol–water partition coefficient (Wildman–Crippen LogP) is 0.508. The quantitative estimate of drug-likeness (QED) is 0.734. The van der Waals surface area contributed by atoms with Crippen LogP contribution in [0.15, 0.2) is 18.3 Å². The summed E-state index contributed by atoms with van der Waals surface area (Å²) in [4.78, 5) is 14.6. The number of ether oxygens (including phenoxy) is 1. The zero-order valence-electron chi connectivity index (χ0n) is 7.49. The van der Waals surface area contributed by atoms with Crippen LogP contribution >= 0.6 is 0 Å². The SMILES string of the molecule is CCOc1cc(CC(N)=O)ccn1. The van der Waals surface area contributed by atoms with E-state index in [4.69, 9.17) is 10.5 Å². The first-order chi connectivity index (χ1) is 6.22. The van der Waals surface area contributed by atoms with Gasteiger partial charge < -0.3 is 10.5 Å². The monoisotopic (exact) mass is 180 g/mol. The van der Waals surface area contributed by atoms with Gasteiger partial charge in [-0.25, -0.2) is 4.98 Å². The van der Waals surface area contributed by atoms with Crippen molar-refractivity contribution in [2.75, 3.05) is 6.61 Å². The van der Waals surface area contributed by atoms with Gasteiger partial charge in [-0.2, -0.15) is 0 Å². The van der Waals surface area contributed by atoms with Crippen LogP contribution in [0.4, 0.5) is 0 Å². The number of aromatic nitrogens is 1. The topological polar surface area (TPSA) is 65.2 Å². The van der Waals surface area contributed by atoms with E-state index in [-0.39, 0.29) is 12.3 Å². The van der Waals surface area contributed by atoms with E-state index in [1.807, 2.05) is 6.92 Å². The average molecular weight is 180 g/mol. The van der Waals surface area contributed by atoms with Crippen molar-refractivity contribution in [1.82, 2.24) is 4.98 Å². The second kappa shape index (κ2) is 4.45. The normalized spacial score (nSPS) is 9.62. The number of rotatable bonds is 4. The van der Waals surface area contributed by atoms with Crippen molar-refractivity contribution in [3.63, 3.8) is 0 Å². The summed E-state index contributed by atoms with van der Waals surface area (Å²) in [5, 5.41) is 0. The van der Waals surface area contributed by atoms with Crippen molar-refractivity contribution in [1.29, 1.82) is 0 Å². The molecule has 0 aliphatic carbocycles. The van der Waals surface area contributed by atoms with Crippen LogP contribution in [0.25, 0.3) is 0 Å². The zero-order valence-corrected chi connectivity index (χ0v) is 7.49. The molecular formula is C9H12N2O2. The molecule has 2 N–H and O–H groups in total. The van der Waals surface area contributed by atoms with Crippen LogP contribution in [-0.4, -0.2) is 17.5 Å². The van der Waals surface area contributed by atoms with E-state index in [2.05, 4.69) is 4.98 Å². The van der Waals surface area contributed by atoms with E-state index in [0.29, 0.717) is 12.5 Å². The highest BCUT2D eigenvalue weighted by atomic mass is 16.5. The van der Waals surface area contributed by atoms with Crippen molar-refractivity contribution in [3.8, 4) is 5.88 Å². The van der Waals surface area contributed by atoms with Gasteiger partial charge in [0.25, 0.3) is 0 Å². The molecule has 0 aliphatic rings. The van der Waals surface area contributed by atoms with Crippen molar-refractivity contribution in [2.45, 2.75) is 13.3 Å². The van der Waals surface area contributed by atoms with Crippen molar-refractivity contribution >= 4 is 5.91 Å². The van der Waals surface area contributed by atoms with Gasteiger partial charge in [0, 0.05) is 12.3 Å². The van der Waals surface area contributed by atoms with Crippen molar-refractivity contribution in [3.05, 3.63) is 23.9 Å². The maximum absolute atomic E-state index is 10.6. The van der Waals surface area contributed by atoms with Crippen LogP contribution in [0, 0.1) is 0 Å². The molecule has 1 aromatic heterocycles. The first-order valence-corrected chi connectivity index (χ1v) is 4.08. The van der Waals surface area contributed by atoms with Crippen molar-refractivity contribution in [2.24, 2.45) is 5.73 Å². The van der Waals surface area contributed by atoms with Gasteiger partial charge in [0.15, 0.2) is 0 Å². The fourth-order valence-electron chi connectivity index (χ4n) is 0.988. The lowest BCUT2D eigenvalue weighted by molar-refractivity contribution is -0.117. The van der Waals surface area contributed by atoms with Crippen molar-refractivity contribution < 1.29 is 9.53 Å². The number of nitrogens with zero attached hydrogens (tertiary/aromatic N) is 1. The minimum absolute atomic E-state index is 0.225. The van der Waals surface area contributed by atoms with Gasteiger partial charge >= 0.3 is 0 Å². The second-order valence-electron chi connectivity index (χ2n) is 2.58. The molecule has 70 valence electrons. The van der Waals surface area contributed by atoms with E-state index in [1.165, 1.54) is 0 Å². The van der Waals surface area contributed by atoms with Gasteiger partial charge in [-0.3, -0.25) is 4.79 Å². The summed E-state index contributed by atoms with van der Waals surface area (Å²) in [6.07, 6.45) is 1.83. The first kappa shape index (κ1) is 9.51. The Balaban J connectivity index is 2.73. The maximum Gasteiger partial charge on any atom is 0.221 e. The molecule has 0 saturated heterocycles. The van der Waals surface area contributed by atoms with E-state index in [1.54, 1.807) is 18.3 Å². The van der Waals surface area contributed by atoms with Crippen LogP contribution in [0.3, 0.4) is 0 Å². The minimum Gasteiger partial charge on any atom is -0.478 e. The van der Waals surface area contributed by atoms with Gasteiger partial charge in [-0.15, -0.1) is 0 Å². The lowest BCUT2D eigenvalue weighted by Gasteiger charge is -2.02. The highest BCUT2D eigenvalue weighted by Crippen LogP contribution is 2.09. The second-order valence-corrected chi connectivity index (χ2v) is 2.58. The molecule has 4 heteroatoms. The Hall–Kier alpha value is -1.58. The molecule has 0 bridgehead atoms. The predicted molar refractivity (Wildman–Crippen MR) is 48.3 cm³/mol. The molecule has 1 heterocycles. The molecule has 0 radical (unpaired) electrons. The van der Waals surface area contributed by atoms with Crippen LogP contribution < -0.4 is 10.5 Å². The van der Waals surface area contributed by atoms with Crippen LogP contribution in [-0.2, 0) is 11.2 Å². The Kier molecular flexibility index (Phi) is 3.25. The Morgan fingerprint density at radius 2 is 2.46 bits per heavy atom. The van der Waals surface area contributed by atoms with Gasteiger partial charge in [-0.05, 0) is 18.6 Å². The van der Waals surface area contributed by atoms with Gasteiger partial charge in [0.2, 0.25) is 11.8 Å². The number of carbonyl (C=O) groups is 1. The van der Waals surface area contributed by atoms with E-state index >= 15 is 0 Å². The number of primary amides is 1. The lowest BCUT2D eigenvalue weighted by atomic mass is 10.2. The Morgan fingerprint density at radius 1 is 1.69 bits per heavy atom. The zero-order chi connectivity index (χ0) is 9.68. The molecule has 13 heavy (non-hydrogen) atoms. The number of pyridine rings is 1. The molecular weight excluding hydrogens is 168 g/mol. The number of carbonyl (C=O) groups excluding carboxylic acids is 1. The van der Waals surface area contributed by atoms with Crippen LogP contribution in [0.5, 0.6) is 5.88 Å².